The molecule has 19 heavy (non-hydrogen) atoms. The minimum absolute atomic E-state index is 0.0349. The lowest BCUT2D eigenvalue weighted by Crippen LogP contribution is -2.52. The minimum Gasteiger partial charge on any atom is -0.599 e. The van der Waals surface area contributed by atoms with E-state index in [1.165, 1.54) is 0 Å². The minimum atomic E-state index is -0.639. The summed E-state index contributed by atoms with van der Waals surface area (Å²) in [5.74, 6) is -0.00917. The second-order valence-electron chi connectivity index (χ2n) is 6.69. The van der Waals surface area contributed by atoms with Gasteiger partial charge in [0, 0.05) is 21.1 Å². The molecule has 2 heterocycles. The molecule has 1 saturated carbocycles. The number of hydrogen-bond donors (Lipinski definition) is 0. The van der Waals surface area contributed by atoms with Crippen molar-refractivity contribution in [3.05, 3.63) is 5.21 Å². The highest BCUT2D eigenvalue weighted by Gasteiger charge is 2.85. The number of ether oxygens (including phenoxy) is 3. The molecule has 0 unspecified atom stereocenters. The zero-order chi connectivity index (χ0) is 14.2. The standard InChI is InChI=1S/C13H22N2O4/c1-11(2)12(3)7-8(13(11,4)15(16)14-12)10(18-6)19-9(7)17-5/h7-10H,1-6H3/t7-,8+,9-,10+,12+,13-/m0/s1. The Morgan fingerprint density at radius 3 is 2.11 bits per heavy atom. The number of rotatable bonds is 2. The maximum absolute atomic E-state index is 12.4. The van der Waals surface area contributed by atoms with E-state index in [-0.39, 0.29) is 23.5 Å². The number of nitrogens with zero attached hydrogens (tertiary/aromatic N) is 2. The van der Waals surface area contributed by atoms with Crippen LogP contribution in [-0.2, 0) is 14.2 Å². The summed E-state index contributed by atoms with van der Waals surface area (Å²) >= 11 is 0. The molecule has 1 aliphatic carbocycles. The summed E-state index contributed by atoms with van der Waals surface area (Å²) < 4.78 is 16.7. The van der Waals surface area contributed by atoms with Crippen molar-refractivity contribution in [2.75, 3.05) is 14.2 Å². The van der Waals surface area contributed by atoms with E-state index in [4.69, 9.17) is 14.2 Å². The number of fused-ring (bicyclic) bond motifs is 5. The second kappa shape index (κ2) is 3.48. The second-order valence-corrected chi connectivity index (χ2v) is 6.69. The molecule has 0 radical (unpaired) electrons. The first-order valence-corrected chi connectivity index (χ1v) is 6.67. The molecule has 2 bridgehead atoms. The van der Waals surface area contributed by atoms with Gasteiger partial charge in [-0.25, -0.2) is 0 Å². The van der Waals surface area contributed by atoms with Crippen LogP contribution in [0.25, 0.3) is 0 Å². The molecule has 6 atom stereocenters. The van der Waals surface area contributed by atoms with Crippen LogP contribution in [0.5, 0.6) is 0 Å². The fourth-order valence-electron chi connectivity index (χ4n) is 4.47. The third-order valence-electron chi connectivity index (χ3n) is 6.23. The highest BCUT2D eigenvalue weighted by Crippen LogP contribution is 2.69. The first-order valence-electron chi connectivity index (χ1n) is 6.67. The van der Waals surface area contributed by atoms with E-state index in [2.05, 4.69) is 19.0 Å². The smallest absolute Gasteiger partial charge is 0.212 e. The first-order chi connectivity index (χ1) is 8.75. The van der Waals surface area contributed by atoms with Crippen molar-refractivity contribution in [2.24, 2.45) is 22.4 Å². The summed E-state index contributed by atoms with van der Waals surface area (Å²) in [5, 5.41) is 16.8. The zero-order valence-electron chi connectivity index (χ0n) is 12.3. The van der Waals surface area contributed by atoms with Crippen molar-refractivity contribution >= 4 is 0 Å². The van der Waals surface area contributed by atoms with E-state index in [1.54, 1.807) is 14.2 Å². The highest BCUT2D eigenvalue weighted by atomic mass is 16.8. The van der Waals surface area contributed by atoms with Gasteiger partial charge in [-0.1, -0.05) is 18.7 Å². The molecular weight excluding hydrogens is 248 g/mol. The molecule has 3 aliphatic rings. The van der Waals surface area contributed by atoms with Crippen LogP contribution in [0.15, 0.2) is 5.11 Å². The highest BCUT2D eigenvalue weighted by molar-refractivity contribution is 5.25. The molecule has 6 heteroatoms. The lowest BCUT2D eigenvalue weighted by atomic mass is 9.68. The van der Waals surface area contributed by atoms with Crippen LogP contribution in [0.3, 0.4) is 0 Å². The first kappa shape index (κ1) is 13.3. The Bertz CT molecular complexity index is 452. The Morgan fingerprint density at radius 2 is 1.58 bits per heavy atom. The van der Waals surface area contributed by atoms with E-state index in [0.717, 1.165) is 4.86 Å². The predicted octanol–water partition coefficient (Wildman–Crippen LogP) is 1.73. The van der Waals surface area contributed by atoms with E-state index in [9.17, 15) is 5.21 Å². The molecule has 108 valence electrons. The molecule has 0 aromatic rings. The number of hydroxylamine groups is 1. The van der Waals surface area contributed by atoms with Crippen molar-refractivity contribution in [2.45, 2.75) is 51.4 Å². The van der Waals surface area contributed by atoms with Crippen molar-refractivity contribution in [3.8, 4) is 0 Å². The van der Waals surface area contributed by atoms with Gasteiger partial charge in [0.2, 0.25) is 5.54 Å². The van der Waals surface area contributed by atoms with E-state index in [1.807, 2.05) is 13.8 Å². The average Bonchev–Trinajstić information content (AvgIpc) is 2.84. The van der Waals surface area contributed by atoms with Crippen LogP contribution >= 0.6 is 0 Å². The van der Waals surface area contributed by atoms with Crippen LogP contribution in [-0.4, -0.2) is 42.7 Å². The lowest BCUT2D eigenvalue weighted by Gasteiger charge is -2.35. The van der Waals surface area contributed by atoms with Crippen molar-refractivity contribution in [1.29, 1.82) is 0 Å². The van der Waals surface area contributed by atoms with E-state index in [0.29, 0.717) is 0 Å². The fourth-order valence-corrected chi connectivity index (χ4v) is 4.47. The Morgan fingerprint density at radius 1 is 1.05 bits per heavy atom. The van der Waals surface area contributed by atoms with Crippen LogP contribution in [0.1, 0.15) is 27.7 Å². The lowest BCUT2D eigenvalue weighted by molar-refractivity contribution is -0.621. The van der Waals surface area contributed by atoms with Crippen LogP contribution in [0.2, 0.25) is 0 Å². The van der Waals surface area contributed by atoms with Crippen LogP contribution in [0.4, 0.5) is 0 Å². The number of azo groups is 1. The molecule has 3 rings (SSSR count). The van der Waals surface area contributed by atoms with Crippen LogP contribution < -0.4 is 0 Å². The summed E-state index contributed by atoms with van der Waals surface area (Å²) in [6.07, 6.45) is -0.800. The summed E-state index contributed by atoms with van der Waals surface area (Å²) in [6.45, 7) is 8.20. The number of methoxy groups -OCH3 is 2. The van der Waals surface area contributed by atoms with Gasteiger partial charge in [-0.05, 0) is 12.0 Å². The van der Waals surface area contributed by atoms with Crippen molar-refractivity contribution in [3.63, 3.8) is 0 Å². The normalized spacial score (nSPS) is 54.3. The fraction of sp³-hybridized carbons (Fsp3) is 1.00. The van der Waals surface area contributed by atoms with E-state index >= 15 is 0 Å². The summed E-state index contributed by atoms with van der Waals surface area (Å²) in [7, 11) is 3.23. The zero-order valence-corrected chi connectivity index (χ0v) is 12.3. The predicted molar refractivity (Wildman–Crippen MR) is 66.3 cm³/mol. The molecule has 6 nitrogen and oxygen atoms in total. The third kappa shape index (κ3) is 1.11. The monoisotopic (exact) mass is 270 g/mol. The SMILES string of the molecule is CO[C@H]1O[C@@H](OC)[C@H]2[C@@H]1[C@@]1(C)N=[N+]([O-])[C@]2(C)C1(C)C. The molecule has 0 aromatic heterocycles. The molecular formula is C13H22N2O4. The Hall–Kier alpha value is -0.720. The van der Waals surface area contributed by atoms with Gasteiger partial charge in [0.25, 0.3) is 0 Å². The molecule has 2 fully saturated rings. The average molecular weight is 270 g/mol. The molecule has 2 aliphatic heterocycles. The largest absolute Gasteiger partial charge is 0.599 e. The third-order valence-corrected chi connectivity index (χ3v) is 6.23. The Kier molecular flexibility index (Phi) is 2.43. The van der Waals surface area contributed by atoms with Crippen LogP contribution in [0, 0.1) is 22.5 Å². The summed E-state index contributed by atoms with van der Waals surface area (Å²) in [6, 6.07) is 0. The van der Waals surface area contributed by atoms with Gasteiger partial charge in [-0.15, -0.1) is 0 Å². The maximum atomic E-state index is 12.4. The van der Waals surface area contributed by atoms with Gasteiger partial charge in [0.15, 0.2) is 12.6 Å². The molecule has 0 spiro atoms. The van der Waals surface area contributed by atoms with Crippen molar-refractivity contribution < 1.29 is 19.1 Å². The maximum Gasteiger partial charge on any atom is 0.212 e. The summed E-state index contributed by atoms with van der Waals surface area (Å²) in [4.78, 5) is 0.877. The molecule has 1 saturated heterocycles. The summed E-state index contributed by atoms with van der Waals surface area (Å²) in [5.41, 5.74) is -1.41. The van der Waals surface area contributed by atoms with E-state index < -0.39 is 17.4 Å². The van der Waals surface area contributed by atoms with Gasteiger partial charge < -0.3 is 19.4 Å². The van der Waals surface area contributed by atoms with Gasteiger partial charge in [-0.2, -0.15) is 0 Å². The Labute approximate surface area is 113 Å². The van der Waals surface area contributed by atoms with Gasteiger partial charge in [-0.3, -0.25) is 0 Å². The van der Waals surface area contributed by atoms with Gasteiger partial charge >= 0.3 is 0 Å². The van der Waals surface area contributed by atoms with Crippen molar-refractivity contribution in [1.82, 2.24) is 0 Å². The quantitative estimate of drug-likeness (QED) is 0.566. The molecule has 0 N–H and O–H groups in total. The Balaban J connectivity index is 2.18. The van der Waals surface area contributed by atoms with Gasteiger partial charge in [0.1, 0.15) is 5.54 Å². The topological polar surface area (TPSA) is 66.1 Å². The molecule has 0 aromatic carbocycles. The number of hydrogen-bond acceptors (Lipinski definition) is 5. The molecule has 0 amide bonds. The van der Waals surface area contributed by atoms with Gasteiger partial charge in [0.05, 0.1) is 17.3 Å².